The van der Waals surface area contributed by atoms with Crippen LogP contribution in [-0.4, -0.2) is 0 Å². The minimum Gasteiger partial charge on any atom is -0.310 e. The van der Waals surface area contributed by atoms with Crippen LogP contribution in [0.3, 0.4) is 0 Å². The van der Waals surface area contributed by atoms with Crippen molar-refractivity contribution in [3.63, 3.8) is 0 Å². The third-order valence-corrected chi connectivity index (χ3v) is 10.7. The highest BCUT2D eigenvalue weighted by Crippen LogP contribution is 2.43. The van der Waals surface area contributed by atoms with Crippen LogP contribution >= 0.6 is 0 Å². The first-order valence-electron chi connectivity index (χ1n) is 18.3. The average molecular weight is 674 g/mol. The zero-order valence-corrected chi connectivity index (χ0v) is 29.2. The molecule has 10 aromatic rings. The Hall–Kier alpha value is -6.96. The summed E-state index contributed by atoms with van der Waals surface area (Å²) in [5, 5.41) is 10.2. The summed E-state index contributed by atoms with van der Waals surface area (Å²) in [6.07, 6.45) is 0. The second-order valence-corrected chi connectivity index (χ2v) is 13.7. The van der Waals surface area contributed by atoms with Crippen molar-refractivity contribution in [2.75, 3.05) is 4.90 Å². The molecule has 0 saturated carbocycles. The minimum atomic E-state index is 1.10. The van der Waals surface area contributed by atoms with Crippen LogP contribution in [0.5, 0.6) is 0 Å². The first-order chi connectivity index (χ1) is 26.3. The summed E-state index contributed by atoms with van der Waals surface area (Å²) in [6, 6.07) is 77.2. The molecule has 0 saturated heterocycles. The molecule has 0 aliphatic carbocycles. The molecule has 0 heterocycles. The van der Waals surface area contributed by atoms with Crippen molar-refractivity contribution in [1.29, 1.82) is 0 Å². The molecule has 0 aliphatic heterocycles. The lowest BCUT2D eigenvalue weighted by molar-refractivity contribution is 1.28. The zero-order chi connectivity index (χ0) is 35.1. The number of hydrogen-bond donors (Lipinski definition) is 0. The van der Waals surface area contributed by atoms with E-state index in [-0.39, 0.29) is 0 Å². The van der Waals surface area contributed by atoms with Gasteiger partial charge in [-0.25, -0.2) is 0 Å². The van der Waals surface area contributed by atoms with Crippen LogP contribution in [-0.2, 0) is 0 Å². The average Bonchev–Trinajstić information content (AvgIpc) is 3.24. The van der Waals surface area contributed by atoms with Crippen molar-refractivity contribution in [2.45, 2.75) is 0 Å². The van der Waals surface area contributed by atoms with Gasteiger partial charge in [-0.05, 0) is 107 Å². The van der Waals surface area contributed by atoms with Crippen LogP contribution in [0, 0.1) is 0 Å². The quantitative estimate of drug-likeness (QED) is 0.159. The summed E-state index contributed by atoms with van der Waals surface area (Å²) in [5.41, 5.74) is 10.6. The maximum Gasteiger partial charge on any atom is 0.0540 e. The predicted molar refractivity (Wildman–Crippen MR) is 227 cm³/mol. The Morgan fingerprint density at radius 3 is 1.57 bits per heavy atom. The van der Waals surface area contributed by atoms with E-state index < -0.39 is 0 Å². The molecule has 248 valence electrons. The summed E-state index contributed by atoms with van der Waals surface area (Å²) in [4.78, 5) is 2.39. The highest BCUT2D eigenvalue weighted by Gasteiger charge is 2.18. The number of para-hydroxylation sites is 1. The Balaban J connectivity index is 1.10. The van der Waals surface area contributed by atoms with Crippen molar-refractivity contribution in [1.82, 2.24) is 0 Å². The van der Waals surface area contributed by atoms with Crippen LogP contribution in [0.4, 0.5) is 17.1 Å². The molecule has 0 aromatic heterocycles. The van der Waals surface area contributed by atoms with Gasteiger partial charge >= 0.3 is 0 Å². The second-order valence-electron chi connectivity index (χ2n) is 13.7. The molecule has 1 nitrogen and oxygen atoms in total. The maximum absolute atomic E-state index is 2.39. The van der Waals surface area contributed by atoms with E-state index in [9.17, 15) is 0 Å². The van der Waals surface area contributed by atoms with Gasteiger partial charge in [0.05, 0.1) is 5.69 Å². The molecular weight excluding hydrogens is 639 g/mol. The van der Waals surface area contributed by atoms with Gasteiger partial charge in [0.2, 0.25) is 0 Å². The van der Waals surface area contributed by atoms with Gasteiger partial charge in [-0.1, -0.05) is 176 Å². The van der Waals surface area contributed by atoms with Crippen LogP contribution in [0.15, 0.2) is 212 Å². The molecular formula is C52H35N. The molecule has 0 spiro atoms. The van der Waals surface area contributed by atoms with E-state index in [1.807, 2.05) is 0 Å². The summed E-state index contributed by atoms with van der Waals surface area (Å²) >= 11 is 0. The molecule has 0 atom stereocenters. The number of nitrogens with zero attached hydrogens (tertiary/aromatic N) is 1. The molecule has 53 heavy (non-hydrogen) atoms. The van der Waals surface area contributed by atoms with E-state index >= 15 is 0 Å². The standard InChI is InChI=1S/C52H35N/c1-2-11-36(12-3-1)38-23-28-43(29-24-38)53(52-20-9-8-17-47(52)42-22-21-37-13-4-5-15-41(37)35-42)44-30-25-40(26-31-44)46-18-10-19-48-49(46)33-34-50-45-16-7-6-14-39(45)27-32-51(48)50/h1-35H. The second kappa shape index (κ2) is 13.0. The van der Waals surface area contributed by atoms with Crippen LogP contribution in [0.25, 0.3) is 76.5 Å². The smallest absolute Gasteiger partial charge is 0.0540 e. The van der Waals surface area contributed by atoms with Gasteiger partial charge in [0, 0.05) is 16.9 Å². The number of rotatable bonds is 6. The van der Waals surface area contributed by atoms with Gasteiger partial charge in [0.1, 0.15) is 0 Å². The molecule has 0 bridgehead atoms. The Bertz CT molecular complexity index is 2920. The molecule has 0 amide bonds. The van der Waals surface area contributed by atoms with E-state index in [0.717, 1.165) is 17.1 Å². The molecule has 0 unspecified atom stereocenters. The fourth-order valence-corrected chi connectivity index (χ4v) is 8.03. The number of anilines is 3. The van der Waals surface area contributed by atoms with Gasteiger partial charge in [-0.15, -0.1) is 0 Å². The van der Waals surface area contributed by atoms with Crippen molar-refractivity contribution in [3.8, 4) is 33.4 Å². The monoisotopic (exact) mass is 673 g/mol. The van der Waals surface area contributed by atoms with Crippen LogP contribution in [0.1, 0.15) is 0 Å². The first kappa shape index (κ1) is 30.8. The molecule has 0 aliphatic rings. The fraction of sp³-hybridized carbons (Fsp3) is 0. The van der Waals surface area contributed by atoms with Crippen molar-refractivity contribution < 1.29 is 0 Å². The van der Waals surface area contributed by atoms with E-state index in [1.165, 1.54) is 76.5 Å². The summed E-state index contributed by atoms with van der Waals surface area (Å²) in [7, 11) is 0. The highest BCUT2D eigenvalue weighted by molar-refractivity contribution is 6.19. The lowest BCUT2D eigenvalue weighted by Gasteiger charge is -2.28. The first-order valence-corrected chi connectivity index (χ1v) is 18.3. The topological polar surface area (TPSA) is 3.24 Å². The van der Waals surface area contributed by atoms with Gasteiger partial charge in [-0.3, -0.25) is 0 Å². The number of fused-ring (bicyclic) bond motifs is 6. The molecule has 0 radical (unpaired) electrons. The predicted octanol–water partition coefficient (Wildman–Crippen LogP) is 14.8. The van der Waals surface area contributed by atoms with Crippen molar-refractivity contribution >= 4 is 60.2 Å². The molecule has 10 rings (SSSR count). The summed E-state index contributed by atoms with van der Waals surface area (Å²) in [5.74, 6) is 0. The largest absolute Gasteiger partial charge is 0.310 e. The zero-order valence-electron chi connectivity index (χ0n) is 29.2. The van der Waals surface area contributed by atoms with E-state index in [2.05, 4.69) is 217 Å². The third kappa shape index (κ3) is 5.51. The summed E-state index contributed by atoms with van der Waals surface area (Å²) < 4.78 is 0. The van der Waals surface area contributed by atoms with Gasteiger partial charge < -0.3 is 4.90 Å². The minimum absolute atomic E-state index is 1.10. The summed E-state index contributed by atoms with van der Waals surface area (Å²) in [6.45, 7) is 0. The van der Waals surface area contributed by atoms with Crippen molar-refractivity contribution in [2.24, 2.45) is 0 Å². The Morgan fingerprint density at radius 1 is 0.245 bits per heavy atom. The van der Waals surface area contributed by atoms with Gasteiger partial charge in [0.15, 0.2) is 0 Å². The third-order valence-electron chi connectivity index (χ3n) is 10.7. The van der Waals surface area contributed by atoms with Gasteiger partial charge in [0.25, 0.3) is 0 Å². The van der Waals surface area contributed by atoms with Gasteiger partial charge in [-0.2, -0.15) is 0 Å². The van der Waals surface area contributed by atoms with Crippen LogP contribution in [0.2, 0.25) is 0 Å². The van der Waals surface area contributed by atoms with Crippen LogP contribution < -0.4 is 4.90 Å². The number of hydrogen-bond acceptors (Lipinski definition) is 1. The van der Waals surface area contributed by atoms with E-state index in [0.29, 0.717) is 0 Å². The Kier molecular flexibility index (Phi) is 7.55. The molecule has 0 N–H and O–H groups in total. The fourth-order valence-electron chi connectivity index (χ4n) is 8.03. The van der Waals surface area contributed by atoms with Crippen molar-refractivity contribution in [3.05, 3.63) is 212 Å². The number of benzene rings is 10. The Labute approximate surface area is 309 Å². The SMILES string of the molecule is c1ccc(-c2ccc(N(c3ccc(-c4cccc5c4ccc4c6ccccc6ccc54)cc3)c3ccccc3-c3ccc4ccccc4c3)cc2)cc1. The molecule has 0 fully saturated rings. The lowest BCUT2D eigenvalue weighted by atomic mass is 9.92. The molecule has 1 heteroatoms. The Morgan fingerprint density at radius 2 is 0.755 bits per heavy atom. The highest BCUT2D eigenvalue weighted by atomic mass is 15.1. The van der Waals surface area contributed by atoms with E-state index in [1.54, 1.807) is 0 Å². The normalized spacial score (nSPS) is 11.4. The maximum atomic E-state index is 2.39. The lowest BCUT2D eigenvalue weighted by Crippen LogP contribution is -2.11. The van der Waals surface area contributed by atoms with E-state index in [4.69, 9.17) is 0 Å². The molecule has 10 aromatic carbocycles.